The Hall–Kier alpha value is -3.16. The van der Waals surface area contributed by atoms with Gasteiger partial charge in [-0.2, -0.15) is 5.26 Å². The first-order valence-electron chi connectivity index (χ1n) is 10.1. The summed E-state index contributed by atoms with van der Waals surface area (Å²) in [7, 11) is 0. The topological polar surface area (TPSA) is 52.9 Å². The Kier molecular flexibility index (Phi) is 7.09. The van der Waals surface area contributed by atoms with Crippen LogP contribution in [0.1, 0.15) is 38.9 Å². The number of halogens is 1. The van der Waals surface area contributed by atoms with Gasteiger partial charge in [0.25, 0.3) is 5.91 Å². The average molecular weight is 473 g/mol. The minimum absolute atomic E-state index is 0.0647. The normalized spacial score (nSPS) is 11.2. The first-order chi connectivity index (χ1) is 14.7. The van der Waals surface area contributed by atoms with Crippen LogP contribution in [0.4, 0.5) is 5.69 Å². The molecule has 3 aromatic carbocycles. The molecule has 31 heavy (non-hydrogen) atoms. The van der Waals surface area contributed by atoms with Crippen molar-refractivity contribution in [3.8, 4) is 6.07 Å². The summed E-state index contributed by atoms with van der Waals surface area (Å²) < 4.78 is 0.952. The lowest BCUT2D eigenvalue weighted by Gasteiger charge is -2.10. The van der Waals surface area contributed by atoms with Crippen LogP contribution < -0.4 is 5.32 Å². The third kappa shape index (κ3) is 5.93. The van der Waals surface area contributed by atoms with Crippen molar-refractivity contribution in [2.45, 2.75) is 34.1 Å². The minimum atomic E-state index is -0.411. The van der Waals surface area contributed by atoms with E-state index >= 15 is 0 Å². The zero-order chi connectivity index (χ0) is 22.5. The molecule has 0 aromatic heterocycles. The molecule has 0 unspecified atom stereocenters. The van der Waals surface area contributed by atoms with Crippen LogP contribution in [-0.4, -0.2) is 5.91 Å². The Balaban J connectivity index is 1.81. The van der Waals surface area contributed by atoms with Crippen LogP contribution in [0.15, 0.2) is 64.6 Å². The van der Waals surface area contributed by atoms with E-state index in [1.165, 1.54) is 16.7 Å². The van der Waals surface area contributed by atoms with Crippen LogP contribution >= 0.6 is 15.9 Å². The van der Waals surface area contributed by atoms with Crippen molar-refractivity contribution in [3.63, 3.8) is 0 Å². The summed E-state index contributed by atoms with van der Waals surface area (Å²) >= 11 is 3.65. The fraction of sp³-hybridized carbons (Fsp3) is 0.185. The summed E-state index contributed by atoms with van der Waals surface area (Å²) in [5.74, 6) is -0.411. The van der Waals surface area contributed by atoms with Crippen molar-refractivity contribution in [2.75, 3.05) is 5.32 Å². The zero-order valence-electron chi connectivity index (χ0n) is 18.2. The SMILES string of the molecule is Cc1cc(C)cc(Cc2ccc(/C=C(\C#N)C(=O)Nc3cc(C)ccc3C)cc2Br)c1. The number of benzene rings is 3. The summed E-state index contributed by atoms with van der Waals surface area (Å²) in [4.78, 5) is 12.7. The first-order valence-corrected chi connectivity index (χ1v) is 10.9. The molecule has 0 saturated carbocycles. The van der Waals surface area contributed by atoms with Gasteiger partial charge in [-0.05, 0) is 80.1 Å². The molecule has 0 aliphatic rings. The van der Waals surface area contributed by atoms with Crippen molar-refractivity contribution < 1.29 is 4.79 Å². The predicted molar refractivity (Wildman–Crippen MR) is 131 cm³/mol. The van der Waals surface area contributed by atoms with Gasteiger partial charge in [-0.25, -0.2) is 0 Å². The van der Waals surface area contributed by atoms with E-state index in [9.17, 15) is 10.1 Å². The maximum atomic E-state index is 12.7. The Bertz CT molecular complexity index is 1200. The number of hydrogen-bond donors (Lipinski definition) is 1. The molecule has 0 bridgehead atoms. The molecule has 4 heteroatoms. The van der Waals surface area contributed by atoms with E-state index in [1.54, 1.807) is 6.08 Å². The maximum Gasteiger partial charge on any atom is 0.266 e. The highest BCUT2D eigenvalue weighted by molar-refractivity contribution is 9.10. The van der Waals surface area contributed by atoms with E-state index < -0.39 is 5.91 Å². The van der Waals surface area contributed by atoms with E-state index in [2.05, 4.69) is 53.3 Å². The lowest BCUT2D eigenvalue weighted by atomic mass is 9.99. The van der Waals surface area contributed by atoms with E-state index in [0.29, 0.717) is 0 Å². The smallest absolute Gasteiger partial charge is 0.266 e. The maximum absolute atomic E-state index is 12.7. The molecule has 0 atom stereocenters. The van der Waals surface area contributed by atoms with Gasteiger partial charge in [0.1, 0.15) is 11.6 Å². The third-order valence-electron chi connectivity index (χ3n) is 5.07. The number of nitriles is 1. The van der Waals surface area contributed by atoms with Gasteiger partial charge in [0, 0.05) is 10.2 Å². The monoisotopic (exact) mass is 472 g/mol. The molecule has 3 nitrogen and oxygen atoms in total. The molecule has 1 amide bonds. The molecular weight excluding hydrogens is 448 g/mol. The molecule has 0 spiro atoms. The summed E-state index contributed by atoms with van der Waals surface area (Å²) in [6.07, 6.45) is 2.43. The van der Waals surface area contributed by atoms with Gasteiger partial charge in [-0.15, -0.1) is 0 Å². The number of amides is 1. The molecule has 3 aromatic rings. The van der Waals surface area contributed by atoms with Crippen LogP contribution in [-0.2, 0) is 11.2 Å². The summed E-state index contributed by atoms with van der Waals surface area (Å²) in [6, 6.07) is 20.3. The predicted octanol–water partition coefficient (Wildman–Crippen LogP) is 6.82. The number of anilines is 1. The zero-order valence-corrected chi connectivity index (χ0v) is 19.8. The Morgan fingerprint density at radius 3 is 2.32 bits per heavy atom. The van der Waals surface area contributed by atoms with Crippen molar-refractivity contribution in [3.05, 3.63) is 104 Å². The third-order valence-corrected chi connectivity index (χ3v) is 5.81. The van der Waals surface area contributed by atoms with Crippen LogP contribution in [0.25, 0.3) is 6.08 Å². The molecule has 3 rings (SSSR count). The number of nitrogens with one attached hydrogen (secondary N) is 1. The molecule has 1 N–H and O–H groups in total. The van der Waals surface area contributed by atoms with Gasteiger partial charge in [0.15, 0.2) is 0 Å². The highest BCUT2D eigenvalue weighted by Gasteiger charge is 2.12. The second-order valence-electron chi connectivity index (χ2n) is 7.97. The van der Waals surface area contributed by atoms with Gasteiger partial charge in [-0.3, -0.25) is 4.79 Å². The second kappa shape index (κ2) is 9.76. The standard InChI is InChI=1S/C27H25BrN2O/c1-17-5-6-20(4)26(12-17)30-27(31)24(16-29)13-21-7-8-23(25(28)15-21)14-22-10-18(2)9-19(3)11-22/h5-13,15H,14H2,1-4H3,(H,30,31)/b24-13+. The summed E-state index contributed by atoms with van der Waals surface area (Å²) in [6.45, 7) is 8.10. The Morgan fingerprint density at radius 1 is 0.968 bits per heavy atom. The quantitative estimate of drug-likeness (QED) is 0.327. The van der Waals surface area contributed by atoms with Crippen molar-refractivity contribution in [1.82, 2.24) is 0 Å². The highest BCUT2D eigenvalue weighted by atomic mass is 79.9. The first kappa shape index (κ1) is 22.5. The fourth-order valence-electron chi connectivity index (χ4n) is 3.56. The van der Waals surface area contributed by atoms with Crippen LogP contribution in [0.2, 0.25) is 0 Å². The number of hydrogen-bond acceptors (Lipinski definition) is 2. The number of carbonyl (C=O) groups excluding carboxylic acids is 1. The highest BCUT2D eigenvalue weighted by Crippen LogP contribution is 2.24. The van der Waals surface area contributed by atoms with Crippen molar-refractivity contribution >= 4 is 33.6 Å². The lowest BCUT2D eigenvalue weighted by molar-refractivity contribution is -0.112. The van der Waals surface area contributed by atoms with Gasteiger partial charge >= 0.3 is 0 Å². The molecular formula is C27H25BrN2O. The van der Waals surface area contributed by atoms with Crippen molar-refractivity contribution in [1.29, 1.82) is 5.26 Å². The molecule has 0 saturated heterocycles. The number of carbonyl (C=O) groups is 1. The van der Waals surface area contributed by atoms with Crippen LogP contribution in [0.3, 0.4) is 0 Å². The molecule has 0 radical (unpaired) electrons. The number of rotatable bonds is 5. The summed E-state index contributed by atoms with van der Waals surface area (Å²) in [5.41, 5.74) is 8.49. The molecule has 0 fully saturated rings. The van der Waals surface area contributed by atoms with Gasteiger partial charge in [0.2, 0.25) is 0 Å². The van der Waals surface area contributed by atoms with Gasteiger partial charge < -0.3 is 5.32 Å². The Morgan fingerprint density at radius 2 is 1.68 bits per heavy atom. The average Bonchev–Trinajstić information content (AvgIpc) is 2.70. The van der Waals surface area contributed by atoms with Gasteiger partial charge in [0.05, 0.1) is 0 Å². The van der Waals surface area contributed by atoms with Gasteiger partial charge in [-0.1, -0.05) is 69.5 Å². The van der Waals surface area contributed by atoms with E-state index in [1.807, 2.05) is 56.3 Å². The molecule has 0 aliphatic heterocycles. The van der Waals surface area contributed by atoms with Crippen molar-refractivity contribution in [2.24, 2.45) is 0 Å². The minimum Gasteiger partial charge on any atom is -0.321 e. The molecule has 0 heterocycles. The molecule has 156 valence electrons. The fourth-order valence-corrected chi connectivity index (χ4v) is 4.10. The largest absolute Gasteiger partial charge is 0.321 e. The molecule has 0 aliphatic carbocycles. The van der Waals surface area contributed by atoms with E-state index in [4.69, 9.17) is 0 Å². The summed E-state index contributed by atoms with van der Waals surface area (Å²) in [5, 5.41) is 12.4. The van der Waals surface area contributed by atoms with E-state index in [-0.39, 0.29) is 5.57 Å². The Labute approximate surface area is 192 Å². The van der Waals surface area contributed by atoms with Crippen LogP contribution in [0.5, 0.6) is 0 Å². The number of aryl methyl sites for hydroxylation is 4. The van der Waals surface area contributed by atoms with E-state index in [0.717, 1.165) is 38.8 Å². The lowest BCUT2D eigenvalue weighted by Crippen LogP contribution is -2.14. The number of nitrogens with zero attached hydrogens (tertiary/aromatic N) is 1. The second-order valence-corrected chi connectivity index (χ2v) is 8.82. The van der Waals surface area contributed by atoms with Crippen LogP contribution in [0, 0.1) is 39.0 Å².